The maximum Gasteiger partial charge on any atom is 0.191 e. The van der Waals surface area contributed by atoms with Gasteiger partial charge in [0, 0.05) is 18.7 Å². The molecule has 0 radical (unpaired) electrons. The van der Waals surface area contributed by atoms with Gasteiger partial charge in [0.1, 0.15) is 17.6 Å². The molecule has 0 fully saturated rings. The van der Waals surface area contributed by atoms with Crippen molar-refractivity contribution in [1.82, 2.24) is 10.6 Å². The second-order valence-electron chi connectivity index (χ2n) is 5.95. The summed E-state index contributed by atoms with van der Waals surface area (Å²) in [5.41, 5.74) is 0.665. The van der Waals surface area contributed by atoms with Crippen molar-refractivity contribution in [1.29, 1.82) is 0 Å². The van der Waals surface area contributed by atoms with Crippen LogP contribution in [0.3, 0.4) is 0 Å². The van der Waals surface area contributed by atoms with Crippen molar-refractivity contribution < 1.29 is 14.6 Å². The van der Waals surface area contributed by atoms with E-state index in [4.69, 9.17) is 9.47 Å². The highest BCUT2D eigenvalue weighted by Gasteiger charge is 2.14. The van der Waals surface area contributed by atoms with Crippen molar-refractivity contribution in [3.8, 4) is 11.5 Å². The van der Waals surface area contributed by atoms with Gasteiger partial charge in [-0.2, -0.15) is 0 Å². The summed E-state index contributed by atoms with van der Waals surface area (Å²) in [6, 6.07) is 5.36. The highest BCUT2D eigenvalue weighted by molar-refractivity contribution is 14.0. The minimum absolute atomic E-state index is 0. The molecular weight excluding hydrogens is 433 g/mol. The standard InChI is InChI=1S/C18H31N3O3.HI/c1-6-19-18(20-10-9-13(2)3)21-12-16(22)15-11-14(23-4)7-8-17(15)24-5;/h7-8,11,13,16,22H,6,9-10,12H2,1-5H3,(H2,19,20,21);1H. The van der Waals surface area contributed by atoms with Crippen LogP contribution in [0.5, 0.6) is 11.5 Å². The lowest BCUT2D eigenvalue weighted by molar-refractivity contribution is 0.182. The fourth-order valence-corrected chi connectivity index (χ4v) is 2.20. The SMILES string of the molecule is CCNC(=NCC(O)c1cc(OC)ccc1OC)NCCC(C)C.I. The zero-order valence-electron chi connectivity index (χ0n) is 15.8. The molecule has 0 saturated carbocycles. The van der Waals surface area contributed by atoms with Gasteiger partial charge in [-0.3, -0.25) is 4.99 Å². The molecule has 3 N–H and O–H groups in total. The van der Waals surface area contributed by atoms with Crippen LogP contribution in [0.15, 0.2) is 23.2 Å². The molecule has 1 atom stereocenters. The van der Waals surface area contributed by atoms with Crippen LogP contribution < -0.4 is 20.1 Å². The summed E-state index contributed by atoms with van der Waals surface area (Å²) in [5.74, 6) is 2.64. The van der Waals surface area contributed by atoms with Crippen molar-refractivity contribution in [2.24, 2.45) is 10.9 Å². The van der Waals surface area contributed by atoms with Crippen molar-refractivity contribution in [2.45, 2.75) is 33.3 Å². The van der Waals surface area contributed by atoms with Gasteiger partial charge in [-0.05, 0) is 37.5 Å². The van der Waals surface area contributed by atoms with Crippen LogP contribution in [0.4, 0.5) is 0 Å². The summed E-state index contributed by atoms with van der Waals surface area (Å²) in [6.45, 7) is 8.24. The highest BCUT2D eigenvalue weighted by Crippen LogP contribution is 2.29. The van der Waals surface area contributed by atoms with Crippen LogP contribution in [-0.4, -0.2) is 44.9 Å². The van der Waals surface area contributed by atoms with Crippen LogP contribution in [0.1, 0.15) is 38.9 Å². The number of aliphatic imine (C=N–C) groups is 1. The summed E-state index contributed by atoms with van der Waals surface area (Å²) in [4.78, 5) is 4.47. The number of nitrogens with zero attached hydrogens (tertiary/aromatic N) is 1. The van der Waals surface area contributed by atoms with Gasteiger partial charge in [-0.25, -0.2) is 0 Å². The van der Waals surface area contributed by atoms with E-state index in [9.17, 15) is 5.11 Å². The van der Waals surface area contributed by atoms with Crippen molar-refractivity contribution in [3.63, 3.8) is 0 Å². The summed E-state index contributed by atoms with van der Waals surface area (Å²) >= 11 is 0. The number of methoxy groups -OCH3 is 2. The molecular formula is C18H32IN3O3. The van der Waals surface area contributed by atoms with Gasteiger partial charge in [0.2, 0.25) is 0 Å². The van der Waals surface area contributed by atoms with Crippen LogP contribution in [-0.2, 0) is 0 Å². The maximum absolute atomic E-state index is 10.5. The molecule has 0 saturated heterocycles. The van der Waals surface area contributed by atoms with E-state index in [2.05, 4.69) is 29.5 Å². The zero-order valence-corrected chi connectivity index (χ0v) is 18.2. The van der Waals surface area contributed by atoms with Gasteiger partial charge in [0.15, 0.2) is 5.96 Å². The number of guanidine groups is 1. The van der Waals surface area contributed by atoms with E-state index in [0.29, 0.717) is 28.9 Å². The topological polar surface area (TPSA) is 75.1 Å². The van der Waals surface area contributed by atoms with E-state index in [1.807, 2.05) is 6.92 Å². The Morgan fingerprint density at radius 3 is 2.48 bits per heavy atom. The van der Waals surface area contributed by atoms with Gasteiger partial charge in [0.05, 0.1) is 20.8 Å². The average molecular weight is 465 g/mol. The van der Waals surface area contributed by atoms with E-state index >= 15 is 0 Å². The number of hydrogen-bond donors (Lipinski definition) is 3. The Bertz CT molecular complexity index is 524. The summed E-state index contributed by atoms with van der Waals surface area (Å²) < 4.78 is 10.5. The normalized spacial score (nSPS) is 12.4. The molecule has 7 heteroatoms. The van der Waals surface area contributed by atoms with Crippen molar-refractivity contribution in [3.05, 3.63) is 23.8 Å². The smallest absolute Gasteiger partial charge is 0.191 e. The number of benzene rings is 1. The number of halogens is 1. The molecule has 0 spiro atoms. The molecule has 144 valence electrons. The highest BCUT2D eigenvalue weighted by atomic mass is 127. The molecule has 0 bridgehead atoms. The van der Waals surface area contributed by atoms with E-state index in [0.717, 1.165) is 19.5 Å². The Balaban J connectivity index is 0.00000576. The lowest BCUT2D eigenvalue weighted by Gasteiger charge is -2.16. The Kier molecular flexibility index (Phi) is 12.4. The molecule has 1 aromatic rings. The summed E-state index contributed by atoms with van der Waals surface area (Å²) in [5, 5.41) is 17.0. The van der Waals surface area contributed by atoms with Gasteiger partial charge < -0.3 is 25.2 Å². The Morgan fingerprint density at radius 2 is 1.92 bits per heavy atom. The Morgan fingerprint density at radius 1 is 1.20 bits per heavy atom. The molecule has 0 heterocycles. The largest absolute Gasteiger partial charge is 0.497 e. The molecule has 6 nitrogen and oxygen atoms in total. The number of aliphatic hydroxyl groups is 1. The first-order chi connectivity index (χ1) is 11.5. The molecule has 0 aromatic heterocycles. The van der Waals surface area contributed by atoms with E-state index in [1.165, 1.54) is 0 Å². The number of ether oxygens (including phenoxy) is 2. The van der Waals surface area contributed by atoms with Gasteiger partial charge in [-0.1, -0.05) is 13.8 Å². The molecule has 1 rings (SSSR count). The number of rotatable bonds is 9. The van der Waals surface area contributed by atoms with E-state index in [-0.39, 0.29) is 30.5 Å². The second kappa shape index (κ2) is 13.0. The van der Waals surface area contributed by atoms with Gasteiger partial charge in [0.25, 0.3) is 0 Å². The Labute approximate surface area is 168 Å². The van der Waals surface area contributed by atoms with Gasteiger partial charge >= 0.3 is 0 Å². The predicted molar refractivity (Wildman–Crippen MR) is 113 cm³/mol. The lowest BCUT2D eigenvalue weighted by Crippen LogP contribution is -2.38. The second-order valence-corrected chi connectivity index (χ2v) is 5.95. The van der Waals surface area contributed by atoms with Crippen molar-refractivity contribution >= 4 is 29.9 Å². The molecule has 1 unspecified atom stereocenters. The number of nitrogens with one attached hydrogen (secondary N) is 2. The minimum Gasteiger partial charge on any atom is -0.497 e. The quantitative estimate of drug-likeness (QED) is 0.297. The molecule has 0 aliphatic carbocycles. The summed E-state index contributed by atoms with van der Waals surface area (Å²) in [6.07, 6.45) is 0.298. The van der Waals surface area contributed by atoms with Crippen LogP contribution in [0.2, 0.25) is 0 Å². The first-order valence-corrected chi connectivity index (χ1v) is 8.43. The molecule has 0 aliphatic rings. The molecule has 1 aromatic carbocycles. The zero-order chi connectivity index (χ0) is 17.9. The molecule has 0 aliphatic heterocycles. The molecule has 25 heavy (non-hydrogen) atoms. The third kappa shape index (κ3) is 8.62. The minimum atomic E-state index is -0.768. The first kappa shape index (κ1) is 23.8. The third-order valence-corrected chi connectivity index (χ3v) is 3.58. The first-order valence-electron chi connectivity index (χ1n) is 8.43. The number of hydrogen-bond acceptors (Lipinski definition) is 4. The van der Waals surface area contributed by atoms with E-state index in [1.54, 1.807) is 32.4 Å². The predicted octanol–water partition coefficient (Wildman–Crippen LogP) is 2.96. The Hall–Kier alpha value is -1.22. The van der Waals surface area contributed by atoms with Crippen LogP contribution in [0.25, 0.3) is 0 Å². The summed E-state index contributed by atoms with van der Waals surface area (Å²) in [7, 11) is 3.18. The van der Waals surface area contributed by atoms with Crippen molar-refractivity contribution in [2.75, 3.05) is 33.9 Å². The average Bonchev–Trinajstić information content (AvgIpc) is 2.58. The number of aliphatic hydroxyl groups excluding tert-OH is 1. The van der Waals surface area contributed by atoms with Crippen LogP contribution in [0, 0.1) is 5.92 Å². The molecule has 0 amide bonds. The third-order valence-electron chi connectivity index (χ3n) is 3.58. The fraction of sp³-hybridized carbons (Fsp3) is 0.611. The monoisotopic (exact) mass is 465 g/mol. The fourth-order valence-electron chi connectivity index (χ4n) is 2.20. The van der Waals surface area contributed by atoms with Gasteiger partial charge in [-0.15, -0.1) is 24.0 Å². The maximum atomic E-state index is 10.5. The van der Waals surface area contributed by atoms with E-state index < -0.39 is 6.10 Å². The lowest BCUT2D eigenvalue weighted by atomic mass is 10.1. The van der Waals surface area contributed by atoms with Crippen LogP contribution >= 0.6 is 24.0 Å².